The zero-order valence-corrected chi connectivity index (χ0v) is 9.98. The third-order valence-electron chi connectivity index (χ3n) is 2.90. The highest BCUT2D eigenvalue weighted by Gasteiger charge is 2.20. The Kier molecular flexibility index (Phi) is 6.43. The van der Waals surface area contributed by atoms with Gasteiger partial charge in [-0.15, -0.1) is 0 Å². The average Bonchev–Trinajstić information content (AvgIpc) is 2.25. The van der Waals surface area contributed by atoms with Crippen LogP contribution >= 0.6 is 0 Å². The SMILES string of the molecule is OCCCC(CO)C[SiH]1CCCCO1. The van der Waals surface area contributed by atoms with E-state index in [1.807, 2.05) is 0 Å². The standard InChI is InChI=1S/C10H22O3Si/c11-5-3-4-10(8-12)9-14-7-2-1-6-13-14/h10-12,14H,1-9H2. The fourth-order valence-corrected chi connectivity index (χ4v) is 4.94. The topological polar surface area (TPSA) is 49.7 Å². The lowest BCUT2D eigenvalue weighted by Gasteiger charge is -2.24. The number of aliphatic hydroxyl groups excluding tert-OH is 2. The quantitative estimate of drug-likeness (QED) is 0.651. The van der Waals surface area contributed by atoms with Crippen LogP contribution in [-0.2, 0) is 4.43 Å². The predicted octanol–water partition coefficient (Wildman–Crippen LogP) is 0.902. The zero-order chi connectivity index (χ0) is 10.2. The molecule has 4 heteroatoms. The van der Waals surface area contributed by atoms with Crippen LogP contribution in [0.5, 0.6) is 0 Å². The van der Waals surface area contributed by atoms with Crippen LogP contribution in [0.25, 0.3) is 0 Å². The third kappa shape index (κ3) is 4.55. The first-order valence-electron chi connectivity index (χ1n) is 5.70. The molecule has 0 aromatic heterocycles. The lowest BCUT2D eigenvalue weighted by molar-refractivity contribution is 0.203. The van der Waals surface area contributed by atoms with E-state index in [-0.39, 0.29) is 13.2 Å². The van der Waals surface area contributed by atoms with Crippen LogP contribution < -0.4 is 0 Å². The summed E-state index contributed by atoms with van der Waals surface area (Å²) in [5.41, 5.74) is 0. The average molecular weight is 218 g/mol. The van der Waals surface area contributed by atoms with Gasteiger partial charge in [0.05, 0.1) is 0 Å². The second-order valence-electron chi connectivity index (χ2n) is 4.14. The van der Waals surface area contributed by atoms with Gasteiger partial charge in [0.15, 0.2) is 9.04 Å². The van der Waals surface area contributed by atoms with Crippen LogP contribution in [-0.4, -0.2) is 39.1 Å². The number of hydrogen-bond acceptors (Lipinski definition) is 3. The summed E-state index contributed by atoms with van der Waals surface area (Å²) in [6.45, 7) is 1.44. The molecule has 0 radical (unpaired) electrons. The molecule has 0 spiro atoms. The first-order valence-corrected chi connectivity index (χ1v) is 7.80. The molecule has 1 saturated heterocycles. The van der Waals surface area contributed by atoms with E-state index in [0.717, 1.165) is 25.5 Å². The van der Waals surface area contributed by atoms with E-state index >= 15 is 0 Å². The molecule has 1 aliphatic heterocycles. The van der Waals surface area contributed by atoms with Gasteiger partial charge in [0.25, 0.3) is 0 Å². The monoisotopic (exact) mass is 218 g/mol. The molecule has 0 aliphatic carbocycles. The minimum Gasteiger partial charge on any atom is -0.420 e. The van der Waals surface area contributed by atoms with Gasteiger partial charge in [-0.2, -0.15) is 0 Å². The van der Waals surface area contributed by atoms with Crippen molar-refractivity contribution in [2.75, 3.05) is 19.8 Å². The summed E-state index contributed by atoms with van der Waals surface area (Å²) >= 11 is 0. The molecule has 0 amide bonds. The molecular formula is C10H22O3Si. The normalized spacial score (nSPS) is 24.9. The van der Waals surface area contributed by atoms with Crippen molar-refractivity contribution in [3.63, 3.8) is 0 Å². The summed E-state index contributed by atoms with van der Waals surface area (Å²) in [6, 6.07) is 2.37. The van der Waals surface area contributed by atoms with E-state index in [9.17, 15) is 0 Å². The van der Waals surface area contributed by atoms with Gasteiger partial charge >= 0.3 is 0 Å². The van der Waals surface area contributed by atoms with Gasteiger partial charge in [-0.05, 0) is 37.3 Å². The summed E-state index contributed by atoms with van der Waals surface area (Å²) < 4.78 is 5.76. The minimum atomic E-state index is -0.986. The maximum atomic E-state index is 9.17. The molecule has 1 rings (SSSR count). The van der Waals surface area contributed by atoms with Crippen LogP contribution in [0.4, 0.5) is 0 Å². The zero-order valence-electron chi connectivity index (χ0n) is 8.82. The van der Waals surface area contributed by atoms with Gasteiger partial charge in [0, 0.05) is 19.8 Å². The molecule has 1 heterocycles. The van der Waals surface area contributed by atoms with Crippen LogP contribution in [0.1, 0.15) is 25.7 Å². The molecule has 0 bridgehead atoms. The largest absolute Gasteiger partial charge is 0.420 e. The molecule has 2 N–H and O–H groups in total. The van der Waals surface area contributed by atoms with Gasteiger partial charge in [0.2, 0.25) is 0 Å². The summed E-state index contributed by atoms with van der Waals surface area (Å²) in [4.78, 5) is 0. The van der Waals surface area contributed by atoms with Crippen LogP contribution in [0.2, 0.25) is 12.1 Å². The van der Waals surface area contributed by atoms with Crippen LogP contribution in [0.15, 0.2) is 0 Å². The Morgan fingerprint density at radius 2 is 2.14 bits per heavy atom. The fraction of sp³-hybridized carbons (Fsp3) is 1.00. The Labute approximate surface area is 87.8 Å². The van der Waals surface area contributed by atoms with Crippen molar-refractivity contribution >= 4 is 9.04 Å². The molecule has 2 unspecified atom stereocenters. The van der Waals surface area contributed by atoms with Gasteiger partial charge in [-0.25, -0.2) is 0 Å². The summed E-state index contributed by atoms with van der Waals surface area (Å²) in [7, 11) is -0.986. The number of hydrogen-bond donors (Lipinski definition) is 2. The van der Waals surface area contributed by atoms with Crippen LogP contribution in [0, 0.1) is 5.92 Å². The van der Waals surface area contributed by atoms with E-state index in [1.54, 1.807) is 0 Å². The van der Waals surface area contributed by atoms with Gasteiger partial charge in [0.1, 0.15) is 0 Å². The molecule has 2 atom stereocenters. The Morgan fingerprint density at radius 1 is 1.29 bits per heavy atom. The van der Waals surface area contributed by atoms with Crippen molar-refractivity contribution in [3.8, 4) is 0 Å². The van der Waals surface area contributed by atoms with Crippen molar-refractivity contribution in [1.29, 1.82) is 0 Å². The Balaban J connectivity index is 2.16. The van der Waals surface area contributed by atoms with E-state index in [2.05, 4.69) is 0 Å². The molecule has 14 heavy (non-hydrogen) atoms. The maximum Gasteiger partial charge on any atom is 0.177 e. The number of aliphatic hydroxyl groups is 2. The summed E-state index contributed by atoms with van der Waals surface area (Å²) in [5.74, 6) is 0.372. The van der Waals surface area contributed by atoms with E-state index < -0.39 is 9.04 Å². The molecule has 3 nitrogen and oxygen atoms in total. The Bertz CT molecular complexity index is 137. The lowest BCUT2D eigenvalue weighted by atomic mass is 10.1. The molecule has 0 aromatic rings. The lowest BCUT2D eigenvalue weighted by Crippen LogP contribution is -2.27. The van der Waals surface area contributed by atoms with Crippen molar-refractivity contribution < 1.29 is 14.6 Å². The Morgan fingerprint density at radius 3 is 2.71 bits per heavy atom. The first-order chi connectivity index (χ1) is 6.86. The predicted molar refractivity (Wildman–Crippen MR) is 58.8 cm³/mol. The van der Waals surface area contributed by atoms with E-state index in [1.165, 1.54) is 18.9 Å². The highest BCUT2D eigenvalue weighted by molar-refractivity contribution is 6.52. The molecule has 1 fully saturated rings. The molecule has 0 saturated carbocycles. The molecule has 84 valence electrons. The van der Waals surface area contributed by atoms with E-state index in [0.29, 0.717) is 5.92 Å². The van der Waals surface area contributed by atoms with Gasteiger partial charge in [-0.3, -0.25) is 0 Å². The first kappa shape index (κ1) is 12.2. The van der Waals surface area contributed by atoms with E-state index in [4.69, 9.17) is 14.6 Å². The minimum absolute atomic E-state index is 0.240. The van der Waals surface area contributed by atoms with Crippen molar-refractivity contribution in [2.45, 2.75) is 37.8 Å². The van der Waals surface area contributed by atoms with Crippen molar-refractivity contribution in [2.24, 2.45) is 5.92 Å². The Hall–Kier alpha value is 0.0969. The van der Waals surface area contributed by atoms with Crippen molar-refractivity contribution in [1.82, 2.24) is 0 Å². The maximum absolute atomic E-state index is 9.17. The third-order valence-corrected chi connectivity index (χ3v) is 5.85. The van der Waals surface area contributed by atoms with Gasteiger partial charge in [-0.1, -0.05) is 6.42 Å². The highest BCUT2D eigenvalue weighted by Crippen LogP contribution is 2.21. The summed E-state index contributed by atoms with van der Waals surface area (Å²) in [5, 5.41) is 17.9. The van der Waals surface area contributed by atoms with Crippen molar-refractivity contribution in [3.05, 3.63) is 0 Å². The van der Waals surface area contributed by atoms with Gasteiger partial charge < -0.3 is 14.6 Å². The van der Waals surface area contributed by atoms with Crippen LogP contribution in [0.3, 0.4) is 0 Å². The number of rotatable bonds is 6. The second-order valence-corrected chi connectivity index (χ2v) is 6.76. The second kappa shape index (κ2) is 7.40. The molecule has 0 aromatic carbocycles. The smallest absolute Gasteiger partial charge is 0.177 e. The highest BCUT2D eigenvalue weighted by atomic mass is 28.3. The fourth-order valence-electron chi connectivity index (χ4n) is 2.03. The summed E-state index contributed by atoms with van der Waals surface area (Å²) in [6.07, 6.45) is 4.28. The molecular weight excluding hydrogens is 196 g/mol. The molecule has 1 aliphatic rings.